The molecule has 0 spiro atoms. The van der Waals surface area contributed by atoms with Crippen molar-refractivity contribution in [2.75, 3.05) is 12.2 Å². The first kappa shape index (κ1) is 14.2. The highest BCUT2D eigenvalue weighted by molar-refractivity contribution is 6.15. The van der Waals surface area contributed by atoms with Gasteiger partial charge in [0.15, 0.2) is 0 Å². The third kappa shape index (κ3) is 2.09. The average molecular weight is 323 g/mol. The van der Waals surface area contributed by atoms with E-state index in [0.717, 1.165) is 10.9 Å². The van der Waals surface area contributed by atoms with Crippen LogP contribution < -0.4 is 9.80 Å². The molecule has 8 heteroatoms. The molecule has 4 aromatic rings. The van der Waals surface area contributed by atoms with Crippen LogP contribution in [0, 0.1) is 0 Å². The van der Waals surface area contributed by atoms with E-state index in [1.807, 2.05) is 6.07 Å². The minimum atomic E-state index is -0.606. The summed E-state index contributed by atoms with van der Waals surface area (Å²) >= 11 is 0. The molecule has 0 aliphatic carbocycles. The molecule has 0 saturated heterocycles. The number of hydrogen-bond acceptors (Lipinski definition) is 5. The molecule has 0 aliphatic rings. The number of aromatic amines is 2. The van der Waals surface area contributed by atoms with Gasteiger partial charge >= 0.3 is 5.91 Å². The monoisotopic (exact) mass is 323 g/mol. The number of H-pyrrole nitrogens is 2. The predicted octanol–water partition coefficient (Wildman–Crippen LogP) is 2.48. The maximum atomic E-state index is 12.6. The first-order valence-corrected chi connectivity index (χ1v) is 7.16. The van der Waals surface area contributed by atoms with E-state index in [0.29, 0.717) is 27.4 Å². The molecule has 2 aromatic carbocycles. The number of amides is 1. The van der Waals surface area contributed by atoms with Crippen molar-refractivity contribution in [3.8, 4) is 5.75 Å². The Morgan fingerprint density at radius 2 is 1.92 bits per heavy atom. The van der Waals surface area contributed by atoms with E-state index in [4.69, 9.17) is 4.74 Å². The van der Waals surface area contributed by atoms with Crippen molar-refractivity contribution in [1.29, 1.82) is 0 Å². The first-order chi connectivity index (χ1) is 11.7. The van der Waals surface area contributed by atoms with Gasteiger partial charge in [-0.1, -0.05) is 0 Å². The van der Waals surface area contributed by atoms with Crippen molar-refractivity contribution in [2.45, 2.75) is 0 Å². The summed E-state index contributed by atoms with van der Waals surface area (Å²) in [4.78, 5) is 12.6. The molecule has 3 N–H and O–H groups in total. The second kappa shape index (κ2) is 5.36. The minimum Gasteiger partial charge on any atom is -0.497 e. The molecule has 0 unspecified atom stereocenters. The van der Waals surface area contributed by atoms with E-state index >= 15 is 0 Å². The Bertz CT molecular complexity index is 1030. The van der Waals surface area contributed by atoms with Crippen molar-refractivity contribution in [1.82, 2.24) is 20.4 Å². The van der Waals surface area contributed by atoms with Crippen LogP contribution in [0.15, 0.2) is 42.6 Å². The number of carbonyl (C=O) groups is 1. The van der Waals surface area contributed by atoms with E-state index in [9.17, 15) is 10.0 Å². The highest BCUT2D eigenvalue weighted by atomic mass is 16.5. The number of hydroxylamine groups is 1. The number of aromatic nitrogens is 4. The topological polar surface area (TPSA) is 107 Å². The number of nitrogens with zero attached hydrogens (tertiary/aromatic N) is 3. The van der Waals surface area contributed by atoms with Crippen LogP contribution in [0.2, 0.25) is 0 Å². The number of hydrogen-bond donors (Lipinski definition) is 3. The fourth-order valence-corrected chi connectivity index (χ4v) is 2.61. The molecule has 0 atom stereocenters. The van der Waals surface area contributed by atoms with Gasteiger partial charge in [-0.15, -0.1) is 0 Å². The van der Waals surface area contributed by atoms with Crippen LogP contribution in [0.4, 0.5) is 5.69 Å². The first-order valence-electron chi connectivity index (χ1n) is 7.16. The lowest BCUT2D eigenvalue weighted by atomic mass is 10.1. The Labute approximate surface area is 135 Å². The Hall–Kier alpha value is -3.39. The van der Waals surface area contributed by atoms with E-state index in [2.05, 4.69) is 20.4 Å². The largest absolute Gasteiger partial charge is 0.497 e. The van der Waals surface area contributed by atoms with E-state index in [-0.39, 0.29) is 5.69 Å². The normalized spacial score (nSPS) is 11.1. The van der Waals surface area contributed by atoms with Gasteiger partial charge in [0.1, 0.15) is 17.0 Å². The third-order valence-corrected chi connectivity index (χ3v) is 3.87. The standard InChI is InChI=1S/C16H13N5O3/c1-24-10-4-2-9(3-5-10)21(23)16(22)15-11-6-7-13-12(8-17-18-13)14(11)19-20-15/h2-8,23H,1H3,(H,17,18)(H,19,20). The van der Waals surface area contributed by atoms with Gasteiger partial charge in [0.25, 0.3) is 0 Å². The van der Waals surface area contributed by atoms with Crippen LogP contribution in [0.1, 0.15) is 10.5 Å². The average Bonchev–Trinajstić information content (AvgIpc) is 3.26. The summed E-state index contributed by atoms with van der Waals surface area (Å²) < 4.78 is 5.06. The second-order valence-corrected chi connectivity index (χ2v) is 5.21. The molecule has 120 valence electrons. The van der Waals surface area contributed by atoms with E-state index in [1.165, 1.54) is 0 Å². The minimum absolute atomic E-state index is 0.200. The van der Waals surface area contributed by atoms with Gasteiger partial charge in [-0.2, -0.15) is 15.3 Å². The molecule has 8 nitrogen and oxygen atoms in total. The molecule has 2 aromatic heterocycles. The van der Waals surface area contributed by atoms with Gasteiger partial charge in [-0.05, 0) is 36.4 Å². The van der Waals surface area contributed by atoms with Crippen molar-refractivity contribution in [3.63, 3.8) is 0 Å². The zero-order valence-corrected chi connectivity index (χ0v) is 12.6. The van der Waals surface area contributed by atoms with Gasteiger partial charge in [0, 0.05) is 10.8 Å². The van der Waals surface area contributed by atoms with Crippen LogP contribution in [-0.4, -0.2) is 38.6 Å². The molecule has 4 rings (SSSR count). The van der Waals surface area contributed by atoms with Crippen LogP contribution in [-0.2, 0) is 0 Å². The zero-order valence-electron chi connectivity index (χ0n) is 12.6. The van der Waals surface area contributed by atoms with Gasteiger partial charge in [-0.3, -0.25) is 20.2 Å². The molecule has 1 amide bonds. The lowest BCUT2D eigenvalue weighted by molar-refractivity contribution is 0.0851. The molecule has 0 aliphatic heterocycles. The number of ether oxygens (including phenoxy) is 1. The fraction of sp³-hybridized carbons (Fsp3) is 0.0625. The number of nitrogens with one attached hydrogen (secondary N) is 2. The Morgan fingerprint density at radius 3 is 2.67 bits per heavy atom. The van der Waals surface area contributed by atoms with Crippen LogP contribution in [0.3, 0.4) is 0 Å². The molecular formula is C16H13N5O3. The van der Waals surface area contributed by atoms with Gasteiger partial charge in [0.2, 0.25) is 0 Å². The van der Waals surface area contributed by atoms with Crippen molar-refractivity contribution < 1.29 is 14.7 Å². The number of benzene rings is 2. The lowest BCUT2D eigenvalue weighted by Gasteiger charge is -2.14. The number of methoxy groups -OCH3 is 1. The van der Waals surface area contributed by atoms with Gasteiger partial charge in [-0.25, -0.2) is 0 Å². The molecular weight excluding hydrogens is 310 g/mol. The molecule has 0 radical (unpaired) electrons. The second-order valence-electron chi connectivity index (χ2n) is 5.21. The van der Waals surface area contributed by atoms with Gasteiger partial charge in [0.05, 0.1) is 24.5 Å². The summed E-state index contributed by atoms with van der Waals surface area (Å²) in [6.45, 7) is 0. The molecule has 2 heterocycles. The Kier molecular flexibility index (Phi) is 3.17. The van der Waals surface area contributed by atoms with E-state index in [1.54, 1.807) is 43.6 Å². The maximum absolute atomic E-state index is 12.6. The molecule has 24 heavy (non-hydrogen) atoms. The maximum Gasteiger partial charge on any atom is 0.300 e. The SMILES string of the molecule is COc1ccc(N(O)C(=O)c2[nH]nc3c2ccc2[nH]ncc23)cc1. The van der Waals surface area contributed by atoms with E-state index < -0.39 is 5.91 Å². The summed E-state index contributed by atoms with van der Waals surface area (Å²) in [7, 11) is 1.55. The molecule has 0 fully saturated rings. The number of rotatable bonds is 3. The highest BCUT2D eigenvalue weighted by Gasteiger charge is 2.21. The van der Waals surface area contributed by atoms with Gasteiger partial charge < -0.3 is 4.74 Å². The fourth-order valence-electron chi connectivity index (χ4n) is 2.61. The summed E-state index contributed by atoms with van der Waals surface area (Å²) in [5.74, 6) is 0.0273. The van der Waals surface area contributed by atoms with Crippen molar-refractivity contribution in [3.05, 3.63) is 48.3 Å². The number of carbonyl (C=O) groups excluding carboxylic acids is 1. The number of fused-ring (bicyclic) bond motifs is 3. The number of anilines is 1. The summed E-state index contributed by atoms with van der Waals surface area (Å²) in [5.41, 5.74) is 1.97. The lowest BCUT2D eigenvalue weighted by Crippen LogP contribution is -2.27. The molecule has 0 saturated carbocycles. The quantitative estimate of drug-likeness (QED) is 0.396. The predicted molar refractivity (Wildman–Crippen MR) is 87.3 cm³/mol. The smallest absolute Gasteiger partial charge is 0.300 e. The summed E-state index contributed by atoms with van der Waals surface area (Å²) in [6, 6.07) is 10.1. The van der Waals surface area contributed by atoms with Crippen LogP contribution >= 0.6 is 0 Å². The van der Waals surface area contributed by atoms with Crippen molar-refractivity contribution >= 4 is 33.4 Å². The summed E-state index contributed by atoms with van der Waals surface area (Å²) in [6.07, 6.45) is 1.65. The Morgan fingerprint density at radius 1 is 1.12 bits per heavy atom. The summed E-state index contributed by atoms with van der Waals surface area (Å²) in [5, 5.41) is 25.9. The van der Waals surface area contributed by atoms with Crippen LogP contribution in [0.25, 0.3) is 21.8 Å². The van der Waals surface area contributed by atoms with Crippen molar-refractivity contribution in [2.24, 2.45) is 0 Å². The van der Waals surface area contributed by atoms with Crippen LogP contribution in [0.5, 0.6) is 5.75 Å². The highest BCUT2D eigenvalue weighted by Crippen LogP contribution is 2.26. The zero-order chi connectivity index (χ0) is 16.7. The molecule has 0 bridgehead atoms. The third-order valence-electron chi connectivity index (χ3n) is 3.87. The Balaban J connectivity index is 1.74.